The van der Waals surface area contributed by atoms with Crippen molar-refractivity contribution in [2.75, 3.05) is 18.7 Å². The van der Waals surface area contributed by atoms with Crippen molar-refractivity contribution in [1.29, 1.82) is 0 Å². The third kappa shape index (κ3) is 4.96. The highest BCUT2D eigenvalue weighted by Gasteiger charge is 2.28. The van der Waals surface area contributed by atoms with Gasteiger partial charge in [-0.2, -0.15) is 0 Å². The average molecular weight is 489 g/mol. The van der Waals surface area contributed by atoms with Crippen molar-refractivity contribution in [2.24, 2.45) is 5.92 Å². The van der Waals surface area contributed by atoms with E-state index in [9.17, 15) is 9.59 Å². The number of nitrogens with zero attached hydrogens (tertiary/aromatic N) is 2. The average Bonchev–Trinajstić information content (AvgIpc) is 3.71. The van der Waals surface area contributed by atoms with Gasteiger partial charge in [0.25, 0.3) is 0 Å². The molecule has 188 valence electrons. The summed E-state index contributed by atoms with van der Waals surface area (Å²) in [4.78, 5) is 25.1. The molecule has 1 aliphatic carbocycles. The minimum atomic E-state index is -0.643. The number of carbonyl (C=O) groups excluding carboxylic acids is 1. The minimum absolute atomic E-state index is 0.0101. The van der Waals surface area contributed by atoms with Crippen LogP contribution in [0.5, 0.6) is 11.5 Å². The first kappa shape index (κ1) is 24.0. The number of carbonyl (C=O) groups is 1. The Hall–Kier alpha value is -3.74. The topological polar surface area (TPSA) is 70.0 Å². The number of hydrogen-bond donors (Lipinski definition) is 0. The van der Waals surface area contributed by atoms with Crippen LogP contribution in [0.3, 0.4) is 0 Å². The summed E-state index contributed by atoms with van der Waals surface area (Å²) in [6, 6.07) is 15.6. The van der Waals surface area contributed by atoms with Crippen LogP contribution >= 0.6 is 0 Å². The fraction of sp³-hybridized carbons (Fsp3) is 0.379. The van der Waals surface area contributed by atoms with Gasteiger partial charge in [0.05, 0.1) is 26.0 Å². The fourth-order valence-electron chi connectivity index (χ4n) is 4.56. The Balaban J connectivity index is 1.56. The van der Waals surface area contributed by atoms with Gasteiger partial charge in [0, 0.05) is 23.9 Å². The number of esters is 1. The fourth-order valence-corrected chi connectivity index (χ4v) is 4.56. The van der Waals surface area contributed by atoms with Gasteiger partial charge in [-0.3, -0.25) is 9.47 Å². The van der Waals surface area contributed by atoms with Crippen LogP contribution < -0.4 is 19.9 Å². The van der Waals surface area contributed by atoms with Crippen LogP contribution in [0.2, 0.25) is 0 Å². The van der Waals surface area contributed by atoms with Gasteiger partial charge in [-0.1, -0.05) is 43.2 Å². The van der Waals surface area contributed by atoms with E-state index in [4.69, 9.17) is 14.2 Å². The van der Waals surface area contributed by atoms with E-state index in [2.05, 4.69) is 18.9 Å². The smallest absolute Gasteiger partial charge is 0.343 e. The molecule has 2 aromatic carbocycles. The van der Waals surface area contributed by atoms with Crippen molar-refractivity contribution in [2.45, 2.75) is 52.3 Å². The highest BCUT2D eigenvalue weighted by molar-refractivity contribution is 5.89. The predicted octanol–water partition coefficient (Wildman–Crippen LogP) is 4.92. The number of aromatic nitrogens is 1. The van der Waals surface area contributed by atoms with Crippen LogP contribution in [0.15, 0.2) is 59.5 Å². The number of fused-ring (bicyclic) bond motifs is 3. The van der Waals surface area contributed by atoms with Crippen LogP contribution in [0, 0.1) is 5.92 Å². The third-order valence-electron chi connectivity index (χ3n) is 6.81. The zero-order valence-electron chi connectivity index (χ0n) is 21.0. The monoisotopic (exact) mass is 488 g/mol. The van der Waals surface area contributed by atoms with Crippen molar-refractivity contribution in [3.05, 3.63) is 81.6 Å². The maximum atomic E-state index is 12.9. The van der Waals surface area contributed by atoms with Crippen LogP contribution in [0.1, 0.15) is 54.6 Å². The molecule has 7 heteroatoms. The van der Waals surface area contributed by atoms with Crippen molar-refractivity contribution in [1.82, 2.24) is 4.68 Å². The van der Waals surface area contributed by atoms with E-state index in [0.29, 0.717) is 31.2 Å². The zero-order valence-corrected chi connectivity index (χ0v) is 21.0. The molecule has 5 rings (SSSR count). The Bertz CT molecular complexity index is 1310. The Morgan fingerprint density at radius 1 is 1.06 bits per heavy atom. The number of pyridine rings is 1. The molecular weight excluding hydrogens is 456 g/mol. The van der Waals surface area contributed by atoms with Gasteiger partial charge in [0.15, 0.2) is 16.9 Å². The number of rotatable bonds is 9. The first-order valence-corrected chi connectivity index (χ1v) is 12.5. The number of hydrogen-bond acceptors (Lipinski definition) is 6. The molecule has 0 unspecified atom stereocenters. The largest absolute Gasteiger partial charge is 0.490 e. The first-order chi connectivity index (χ1) is 17.4. The predicted molar refractivity (Wildman–Crippen MR) is 138 cm³/mol. The molecule has 3 aromatic rings. The minimum Gasteiger partial charge on any atom is -0.490 e. The third-order valence-corrected chi connectivity index (χ3v) is 6.81. The van der Waals surface area contributed by atoms with E-state index in [-0.39, 0.29) is 17.0 Å². The van der Waals surface area contributed by atoms with Gasteiger partial charge in [-0.15, -0.1) is 0 Å². The molecule has 0 radical (unpaired) electrons. The van der Waals surface area contributed by atoms with Gasteiger partial charge < -0.3 is 19.2 Å². The Morgan fingerprint density at radius 3 is 2.50 bits per heavy atom. The molecule has 0 amide bonds. The summed E-state index contributed by atoms with van der Waals surface area (Å²) in [6.07, 6.45) is 5.19. The maximum absolute atomic E-state index is 12.9. The lowest BCUT2D eigenvalue weighted by atomic mass is 9.99. The second kappa shape index (κ2) is 10.1. The molecular formula is C29H32N2O5. The number of benzene rings is 2. The number of methoxy groups -OCH3 is 1. The van der Waals surface area contributed by atoms with Crippen molar-refractivity contribution >= 4 is 5.97 Å². The number of ether oxygens (including phenoxy) is 3. The molecule has 0 saturated heterocycles. The van der Waals surface area contributed by atoms with Crippen LogP contribution in [0.25, 0.3) is 11.3 Å². The second-order valence-electron chi connectivity index (χ2n) is 9.77. The SMILES string of the molecule is COC(=O)c1cn2c(cc1=O)-c1cc(OCc3ccccc3)c(OCCC3CC3)cc1CN2C(C)C. The summed E-state index contributed by atoms with van der Waals surface area (Å²) in [5.41, 5.74) is 3.33. The molecule has 2 aliphatic rings. The molecule has 0 atom stereocenters. The normalized spacial score (nSPS) is 14.3. The highest BCUT2D eigenvalue weighted by Crippen LogP contribution is 2.40. The van der Waals surface area contributed by atoms with Crippen molar-refractivity contribution in [3.8, 4) is 22.8 Å². The second-order valence-corrected chi connectivity index (χ2v) is 9.77. The van der Waals surface area contributed by atoms with E-state index >= 15 is 0 Å². The molecule has 0 spiro atoms. The summed E-state index contributed by atoms with van der Waals surface area (Å²) in [6.45, 7) is 5.81. The first-order valence-electron chi connectivity index (χ1n) is 12.5. The standard InChI is InChI=1S/C29H32N2O5/c1-19(2)30-16-22-13-27(35-12-11-20-9-10-20)28(36-18-21-7-5-4-6-8-21)14-23(22)25-15-26(32)24(17-31(25)30)29(33)34-3/h4-8,13-15,17,19-20H,9-12,16,18H2,1-3H3. The van der Waals surface area contributed by atoms with E-state index in [1.165, 1.54) is 26.0 Å². The molecule has 2 heterocycles. The molecule has 1 aromatic heterocycles. The summed E-state index contributed by atoms with van der Waals surface area (Å²) in [7, 11) is 1.28. The van der Waals surface area contributed by atoms with Crippen molar-refractivity contribution < 1.29 is 19.0 Å². The molecule has 0 N–H and O–H groups in total. The summed E-state index contributed by atoms with van der Waals surface area (Å²) >= 11 is 0. The quantitative estimate of drug-likeness (QED) is 0.398. The maximum Gasteiger partial charge on any atom is 0.343 e. The molecule has 36 heavy (non-hydrogen) atoms. The molecule has 1 saturated carbocycles. The van der Waals surface area contributed by atoms with Crippen molar-refractivity contribution in [3.63, 3.8) is 0 Å². The molecule has 1 fully saturated rings. The van der Waals surface area contributed by atoms with Gasteiger partial charge >= 0.3 is 5.97 Å². The van der Waals surface area contributed by atoms with Gasteiger partial charge in [-0.25, -0.2) is 4.79 Å². The van der Waals surface area contributed by atoms with Gasteiger partial charge in [0.1, 0.15) is 12.2 Å². The van der Waals surface area contributed by atoms with Crippen LogP contribution in [-0.2, 0) is 17.9 Å². The van der Waals surface area contributed by atoms with Gasteiger partial charge in [0.2, 0.25) is 0 Å². The molecule has 1 aliphatic heterocycles. The Labute approximate surface area is 211 Å². The Morgan fingerprint density at radius 2 is 1.81 bits per heavy atom. The summed E-state index contributed by atoms with van der Waals surface area (Å²) in [5, 5.41) is 2.11. The van der Waals surface area contributed by atoms with Crippen LogP contribution in [-0.4, -0.2) is 30.4 Å². The van der Waals surface area contributed by atoms with Crippen LogP contribution in [0.4, 0.5) is 0 Å². The van der Waals surface area contributed by atoms with E-state index in [1.807, 2.05) is 47.1 Å². The van der Waals surface area contributed by atoms with E-state index in [1.54, 1.807) is 6.20 Å². The van der Waals surface area contributed by atoms with E-state index in [0.717, 1.165) is 34.8 Å². The molecule has 7 nitrogen and oxygen atoms in total. The van der Waals surface area contributed by atoms with Gasteiger partial charge in [-0.05, 0) is 49.4 Å². The summed E-state index contributed by atoms with van der Waals surface area (Å²) < 4.78 is 19.2. The molecule has 0 bridgehead atoms. The zero-order chi connectivity index (χ0) is 25.2. The lowest BCUT2D eigenvalue weighted by Gasteiger charge is -2.38. The Kier molecular flexibility index (Phi) is 6.72. The van der Waals surface area contributed by atoms with E-state index < -0.39 is 5.97 Å². The summed E-state index contributed by atoms with van der Waals surface area (Å²) in [5.74, 6) is 1.49. The lowest BCUT2D eigenvalue weighted by molar-refractivity contribution is 0.0598. The lowest BCUT2D eigenvalue weighted by Crippen LogP contribution is -2.44. The highest BCUT2D eigenvalue weighted by atomic mass is 16.5.